The van der Waals surface area contributed by atoms with Gasteiger partial charge in [-0.1, -0.05) is 26.8 Å². The summed E-state index contributed by atoms with van der Waals surface area (Å²) in [4.78, 5) is 7.66. The van der Waals surface area contributed by atoms with Crippen molar-refractivity contribution >= 4 is 12.2 Å². The van der Waals surface area contributed by atoms with Crippen LogP contribution in [0.2, 0.25) is 0 Å². The molecule has 2 heterocycles. The molecule has 0 saturated carbocycles. The van der Waals surface area contributed by atoms with Crippen LogP contribution < -0.4 is 0 Å². The standard InChI is InChI=1S/C14H19N3S/c1-10-6-5-7-11(16-10)9-17-12(14(2,3)4)8-15-13(17)18/h5-8H,9H2,1-4H3,(H,15,18). The monoisotopic (exact) mass is 261 g/mol. The Hall–Kier alpha value is -1.42. The van der Waals surface area contributed by atoms with Crippen LogP contribution in [-0.4, -0.2) is 14.5 Å². The van der Waals surface area contributed by atoms with Crippen LogP contribution in [0, 0.1) is 11.7 Å². The van der Waals surface area contributed by atoms with E-state index in [1.54, 1.807) is 0 Å². The average molecular weight is 261 g/mol. The Kier molecular flexibility index (Phi) is 3.39. The molecule has 0 aliphatic rings. The van der Waals surface area contributed by atoms with Crippen molar-refractivity contribution in [3.63, 3.8) is 0 Å². The molecule has 0 atom stereocenters. The van der Waals surface area contributed by atoms with E-state index < -0.39 is 0 Å². The van der Waals surface area contributed by atoms with Crippen LogP contribution in [0.5, 0.6) is 0 Å². The number of nitrogens with zero attached hydrogens (tertiary/aromatic N) is 2. The summed E-state index contributed by atoms with van der Waals surface area (Å²) in [5, 5.41) is 0. The summed E-state index contributed by atoms with van der Waals surface area (Å²) >= 11 is 5.35. The Balaban J connectivity index is 2.41. The van der Waals surface area contributed by atoms with E-state index >= 15 is 0 Å². The lowest BCUT2D eigenvalue weighted by Gasteiger charge is -2.20. The minimum Gasteiger partial charge on any atom is -0.337 e. The van der Waals surface area contributed by atoms with Crippen molar-refractivity contribution in [1.29, 1.82) is 0 Å². The van der Waals surface area contributed by atoms with Crippen molar-refractivity contribution in [3.8, 4) is 0 Å². The molecule has 0 aliphatic heterocycles. The maximum Gasteiger partial charge on any atom is 0.177 e. The van der Waals surface area contributed by atoms with Gasteiger partial charge in [-0.15, -0.1) is 0 Å². The first-order chi connectivity index (χ1) is 8.38. The minimum atomic E-state index is 0.0669. The summed E-state index contributed by atoms with van der Waals surface area (Å²) in [5.41, 5.74) is 3.34. The molecule has 0 bridgehead atoms. The van der Waals surface area contributed by atoms with Gasteiger partial charge >= 0.3 is 0 Å². The number of hydrogen-bond donors (Lipinski definition) is 1. The fourth-order valence-corrected chi connectivity index (χ4v) is 2.25. The van der Waals surface area contributed by atoms with Gasteiger partial charge in [0.25, 0.3) is 0 Å². The first-order valence-electron chi connectivity index (χ1n) is 6.09. The number of H-pyrrole nitrogens is 1. The summed E-state index contributed by atoms with van der Waals surface area (Å²) in [7, 11) is 0. The normalized spacial score (nSPS) is 11.8. The van der Waals surface area contributed by atoms with Crippen LogP contribution in [0.25, 0.3) is 0 Å². The van der Waals surface area contributed by atoms with Crippen molar-refractivity contribution in [3.05, 3.63) is 46.2 Å². The van der Waals surface area contributed by atoms with E-state index in [9.17, 15) is 0 Å². The Morgan fingerprint density at radius 2 is 2.06 bits per heavy atom. The van der Waals surface area contributed by atoms with Crippen molar-refractivity contribution in [1.82, 2.24) is 14.5 Å². The molecule has 0 radical (unpaired) electrons. The molecule has 0 spiro atoms. The third kappa shape index (κ3) is 2.70. The summed E-state index contributed by atoms with van der Waals surface area (Å²) in [6, 6.07) is 6.07. The van der Waals surface area contributed by atoms with Crippen LogP contribution in [0.15, 0.2) is 24.4 Å². The highest BCUT2D eigenvalue weighted by atomic mass is 32.1. The molecule has 96 valence electrons. The van der Waals surface area contributed by atoms with Gasteiger partial charge in [-0.25, -0.2) is 0 Å². The number of pyridine rings is 1. The minimum absolute atomic E-state index is 0.0669. The van der Waals surface area contributed by atoms with Crippen LogP contribution in [-0.2, 0) is 12.0 Å². The molecule has 2 rings (SSSR count). The second-order valence-corrected chi connectivity index (χ2v) is 5.97. The van der Waals surface area contributed by atoms with Crippen molar-refractivity contribution in [2.24, 2.45) is 0 Å². The second-order valence-electron chi connectivity index (χ2n) is 5.59. The number of nitrogens with one attached hydrogen (secondary N) is 1. The predicted molar refractivity (Wildman–Crippen MR) is 76.4 cm³/mol. The summed E-state index contributed by atoms with van der Waals surface area (Å²) < 4.78 is 2.88. The molecule has 3 nitrogen and oxygen atoms in total. The molecule has 0 aromatic carbocycles. The Morgan fingerprint density at radius 3 is 2.67 bits per heavy atom. The van der Waals surface area contributed by atoms with Gasteiger partial charge in [0, 0.05) is 23.0 Å². The molecular weight excluding hydrogens is 242 g/mol. The third-order valence-electron chi connectivity index (χ3n) is 2.90. The van der Waals surface area contributed by atoms with E-state index in [0.29, 0.717) is 0 Å². The number of rotatable bonds is 2. The largest absolute Gasteiger partial charge is 0.337 e. The van der Waals surface area contributed by atoms with Crippen LogP contribution in [0.1, 0.15) is 37.9 Å². The molecular formula is C14H19N3S. The zero-order valence-electron chi connectivity index (χ0n) is 11.3. The van der Waals surface area contributed by atoms with E-state index in [-0.39, 0.29) is 5.41 Å². The molecule has 0 amide bonds. The van der Waals surface area contributed by atoms with Gasteiger partial charge in [0.05, 0.1) is 12.2 Å². The summed E-state index contributed by atoms with van der Waals surface area (Å²) in [5.74, 6) is 0. The van der Waals surface area contributed by atoms with Crippen molar-refractivity contribution < 1.29 is 0 Å². The second kappa shape index (κ2) is 4.69. The topological polar surface area (TPSA) is 33.6 Å². The first kappa shape index (κ1) is 13.0. The van der Waals surface area contributed by atoms with Gasteiger partial charge in [-0.3, -0.25) is 4.98 Å². The number of imidazole rings is 1. The molecule has 2 aromatic heterocycles. The van der Waals surface area contributed by atoms with Gasteiger partial charge in [0.2, 0.25) is 0 Å². The molecule has 0 aliphatic carbocycles. The zero-order chi connectivity index (χ0) is 13.3. The lowest BCUT2D eigenvalue weighted by Crippen LogP contribution is -2.18. The number of aromatic amines is 1. The molecule has 2 aromatic rings. The van der Waals surface area contributed by atoms with E-state index in [0.717, 1.165) is 22.7 Å². The fraction of sp³-hybridized carbons (Fsp3) is 0.429. The zero-order valence-corrected chi connectivity index (χ0v) is 12.1. The number of hydrogen-bond acceptors (Lipinski definition) is 2. The number of aryl methyl sites for hydroxylation is 1. The van der Waals surface area contributed by atoms with E-state index in [1.807, 2.05) is 31.3 Å². The Morgan fingerprint density at radius 1 is 1.33 bits per heavy atom. The quantitative estimate of drug-likeness (QED) is 0.838. The lowest BCUT2D eigenvalue weighted by atomic mass is 9.92. The summed E-state index contributed by atoms with van der Waals surface area (Å²) in [6.07, 6.45) is 2.00. The first-order valence-corrected chi connectivity index (χ1v) is 6.50. The SMILES string of the molecule is Cc1cccc(Cn2c(C(C)(C)C)c[nH]c2=S)n1. The maximum atomic E-state index is 5.35. The molecule has 18 heavy (non-hydrogen) atoms. The third-order valence-corrected chi connectivity index (χ3v) is 3.24. The molecule has 0 fully saturated rings. The van der Waals surface area contributed by atoms with Crippen molar-refractivity contribution in [2.45, 2.75) is 39.7 Å². The fourth-order valence-electron chi connectivity index (χ4n) is 2.02. The highest BCUT2D eigenvalue weighted by Crippen LogP contribution is 2.22. The summed E-state index contributed by atoms with van der Waals surface area (Å²) in [6.45, 7) is 9.28. The van der Waals surface area contributed by atoms with Crippen LogP contribution >= 0.6 is 12.2 Å². The van der Waals surface area contributed by atoms with Gasteiger partial charge in [-0.05, 0) is 31.3 Å². The van der Waals surface area contributed by atoms with Gasteiger partial charge in [-0.2, -0.15) is 0 Å². The number of aromatic nitrogens is 3. The van der Waals surface area contributed by atoms with Gasteiger partial charge in [0.15, 0.2) is 4.77 Å². The molecule has 4 heteroatoms. The van der Waals surface area contributed by atoms with E-state index in [2.05, 4.69) is 35.3 Å². The molecule has 0 unspecified atom stereocenters. The van der Waals surface area contributed by atoms with Crippen LogP contribution in [0.3, 0.4) is 0 Å². The lowest BCUT2D eigenvalue weighted by molar-refractivity contribution is 0.527. The van der Waals surface area contributed by atoms with E-state index in [1.165, 1.54) is 5.69 Å². The maximum absolute atomic E-state index is 5.35. The smallest absolute Gasteiger partial charge is 0.177 e. The highest BCUT2D eigenvalue weighted by molar-refractivity contribution is 7.71. The average Bonchev–Trinajstić information content (AvgIpc) is 2.60. The Bertz CT molecular complexity index is 602. The van der Waals surface area contributed by atoms with E-state index in [4.69, 9.17) is 12.2 Å². The van der Waals surface area contributed by atoms with Gasteiger partial charge in [0.1, 0.15) is 0 Å². The van der Waals surface area contributed by atoms with Crippen molar-refractivity contribution in [2.75, 3.05) is 0 Å². The molecule has 1 N–H and O–H groups in total. The molecule has 0 saturated heterocycles. The van der Waals surface area contributed by atoms with Crippen LogP contribution in [0.4, 0.5) is 0 Å². The predicted octanol–water partition coefficient (Wildman–Crippen LogP) is 3.59. The Labute approximate surface area is 113 Å². The van der Waals surface area contributed by atoms with Gasteiger partial charge < -0.3 is 9.55 Å². The highest BCUT2D eigenvalue weighted by Gasteiger charge is 2.19.